The Balaban J connectivity index is 2.34. The van der Waals surface area contributed by atoms with Crippen molar-refractivity contribution in [2.24, 2.45) is 0 Å². The summed E-state index contributed by atoms with van der Waals surface area (Å²) in [5, 5.41) is 20.3. The van der Waals surface area contributed by atoms with E-state index in [2.05, 4.69) is 0 Å². The molecule has 0 aliphatic heterocycles. The average Bonchev–Trinajstić information content (AvgIpc) is 2.33. The molecule has 0 unspecified atom stereocenters. The molecule has 5 nitrogen and oxygen atoms in total. The SMILES string of the molecule is O=[N+]([O-])c1cccc(Oc2ccccc2)c1O. The van der Waals surface area contributed by atoms with Crippen LogP contribution >= 0.6 is 0 Å². The Morgan fingerprint density at radius 1 is 1.06 bits per heavy atom. The number of hydrogen-bond acceptors (Lipinski definition) is 4. The van der Waals surface area contributed by atoms with Crippen LogP contribution in [-0.2, 0) is 0 Å². The van der Waals surface area contributed by atoms with Crippen molar-refractivity contribution >= 4 is 5.69 Å². The standard InChI is InChI=1S/C12H9NO4/c14-12-10(13(15)16)7-4-8-11(12)17-9-5-2-1-3-6-9/h1-8,14H. The molecule has 0 saturated heterocycles. The second-order valence-corrected chi connectivity index (χ2v) is 3.30. The van der Waals surface area contributed by atoms with Gasteiger partial charge in [-0.1, -0.05) is 24.3 Å². The number of hydrogen-bond donors (Lipinski definition) is 1. The lowest BCUT2D eigenvalue weighted by atomic mass is 10.2. The molecule has 0 amide bonds. The summed E-state index contributed by atoms with van der Waals surface area (Å²) >= 11 is 0. The number of benzene rings is 2. The Hall–Kier alpha value is -2.56. The minimum absolute atomic E-state index is 0.0606. The molecular weight excluding hydrogens is 222 g/mol. The second kappa shape index (κ2) is 4.52. The zero-order chi connectivity index (χ0) is 12.3. The Morgan fingerprint density at radius 2 is 1.76 bits per heavy atom. The van der Waals surface area contributed by atoms with Crippen molar-refractivity contribution in [2.75, 3.05) is 0 Å². The van der Waals surface area contributed by atoms with Crippen LogP contribution in [0.15, 0.2) is 48.5 Å². The molecule has 86 valence electrons. The van der Waals surface area contributed by atoms with Crippen molar-refractivity contribution < 1.29 is 14.8 Å². The number of nitro groups is 1. The van der Waals surface area contributed by atoms with Crippen LogP contribution in [0.2, 0.25) is 0 Å². The first-order chi connectivity index (χ1) is 8.18. The molecule has 0 radical (unpaired) electrons. The van der Waals surface area contributed by atoms with Gasteiger partial charge < -0.3 is 9.84 Å². The molecular formula is C12H9NO4. The van der Waals surface area contributed by atoms with E-state index in [0.29, 0.717) is 5.75 Å². The molecule has 0 bridgehead atoms. The molecule has 2 aromatic carbocycles. The topological polar surface area (TPSA) is 72.6 Å². The van der Waals surface area contributed by atoms with E-state index >= 15 is 0 Å². The van der Waals surface area contributed by atoms with Crippen LogP contribution in [0.5, 0.6) is 17.2 Å². The fraction of sp³-hybridized carbons (Fsp3) is 0. The van der Waals surface area contributed by atoms with Gasteiger partial charge in [0.05, 0.1) is 4.92 Å². The third-order valence-electron chi connectivity index (χ3n) is 2.15. The van der Waals surface area contributed by atoms with Crippen LogP contribution in [0.25, 0.3) is 0 Å². The minimum atomic E-state index is -0.660. The zero-order valence-corrected chi connectivity index (χ0v) is 8.74. The number of aromatic hydroxyl groups is 1. The van der Waals surface area contributed by atoms with E-state index in [1.165, 1.54) is 18.2 Å². The van der Waals surface area contributed by atoms with Gasteiger partial charge in [0.1, 0.15) is 5.75 Å². The first-order valence-corrected chi connectivity index (χ1v) is 4.88. The number of nitrogens with zero attached hydrogens (tertiary/aromatic N) is 1. The lowest BCUT2D eigenvalue weighted by molar-refractivity contribution is -0.385. The molecule has 2 rings (SSSR count). The van der Waals surface area contributed by atoms with Crippen molar-refractivity contribution in [1.29, 1.82) is 0 Å². The highest BCUT2D eigenvalue weighted by molar-refractivity contribution is 5.55. The van der Waals surface area contributed by atoms with E-state index in [4.69, 9.17) is 4.74 Å². The first kappa shape index (κ1) is 10.9. The number of ether oxygens (including phenoxy) is 1. The molecule has 0 aromatic heterocycles. The quantitative estimate of drug-likeness (QED) is 0.650. The van der Waals surface area contributed by atoms with Gasteiger partial charge in [0.15, 0.2) is 5.75 Å². The number of rotatable bonds is 3. The maximum Gasteiger partial charge on any atom is 0.314 e. The molecule has 0 saturated carbocycles. The summed E-state index contributed by atoms with van der Waals surface area (Å²) in [6.45, 7) is 0. The molecule has 1 N–H and O–H groups in total. The van der Waals surface area contributed by atoms with Gasteiger partial charge in [0, 0.05) is 6.07 Å². The molecule has 5 heteroatoms. The van der Waals surface area contributed by atoms with Gasteiger partial charge in [-0.2, -0.15) is 0 Å². The summed E-state index contributed by atoms with van der Waals surface area (Å²) in [6.07, 6.45) is 0. The average molecular weight is 231 g/mol. The summed E-state index contributed by atoms with van der Waals surface area (Å²) in [6, 6.07) is 12.9. The monoisotopic (exact) mass is 231 g/mol. The Kier molecular flexibility index (Phi) is 2.91. The van der Waals surface area contributed by atoms with E-state index in [1.807, 2.05) is 6.07 Å². The Bertz CT molecular complexity index is 539. The van der Waals surface area contributed by atoms with Crippen molar-refractivity contribution in [3.8, 4) is 17.2 Å². The normalized spacial score (nSPS) is 9.88. The van der Waals surface area contributed by atoms with Gasteiger partial charge in [-0.05, 0) is 18.2 Å². The predicted molar refractivity (Wildman–Crippen MR) is 61.3 cm³/mol. The summed E-state index contributed by atoms with van der Waals surface area (Å²) in [4.78, 5) is 9.96. The number of para-hydroxylation sites is 2. The van der Waals surface area contributed by atoms with Gasteiger partial charge in [-0.3, -0.25) is 10.1 Å². The van der Waals surface area contributed by atoms with Gasteiger partial charge in [-0.15, -0.1) is 0 Å². The molecule has 0 aliphatic carbocycles. The molecule has 0 spiro atoms. The lowest BCUT2D eigenvalue weighted by Crippen LogP contribution is -1.91. The lowest BCUT2D eigenvalue weighted by Gasteiger charge is -2.06. The number of phenolic OH excluding ortho intramolecular Hbond substituents is 1. The third-order valence-corrected chi connectivity index (χ3v) is 2.15. The van der Waals surface area contributed by atoms with Gasteiger partial charge in [-0.25, -0.2) is 0 Å². The van der Waals surface area contributed by atoms with E-state index < -0.39 is 10.7 Å². The maximum absolute atomic E-state index is 10.6. The van der Waals surface area contributed by atoms with Crippen LogP contribution in [-0.4, -0.2) is 10.0 Å². The molecule has 2 aromatic rings. The number of phenols is 1. The summed E-state index contributed by atoms with van der Waals surface area (Å²) in [5.74, 6) is 0.0926. The molecule has 17 heavy (non-hydrogen) atoms. The molecule has 0 aliphatic rings. The van der Waals surface area contributed by atoms with Crippen LogP contribution < -0.4 is 4.74 Å². The predicted octanol–water partition coefficient (Wildman–Crippen LogP) is 3.09. The summed E-state index contributed by atoms with van der Waals surface area (Å²) in [7, 11) is 0. The minimum Gasteiger partial charge on any atom is -0.499 e. The smallest absolute Gasteiger partial charge is 0.314 e. The van der Waals surface area contributed by atoms with E-state index in [-0.39, 0.29) is 11.4 Å². The van der Waals surface area contributed by atoms with Crippen LogP contribution in [0.4, 0.5) is 5.69 Å². The van der Waals surface area contributed by atoms with Gasteiger partial charge in [0.25, 0.3) is 0 Å². The summed E-state index contributed by atoms with van der Waals surface area (Å²) in [5.41, 5.74) is -0.376. The number of nitro benzene ring substituents is 1. The fourth-order valence-electron chi connectivity index (χ4n) is 1.36. The van der Waals surface area contributed by atoms with Crippen molar-refractivity contribution in [2.45, 2.75) is 0 Å². The molecule has 0 heterocycles. The molecule has 0 atom stereocenters. The second-order valence-electron chi connectivity index (χ2n) is 3.30. The highest BCUT2D eigenvalue weighted by Gasteiger charge is 2.17. The van der Waals surface area contributed by atoms with Crippen molar-refractivity contribution in [3.63, 3.8) is 0 Å². The third kappa shape index (κ3) is 2.34. The zero-order valence-electron chi connectivity index (χ0n) is 8.74. The Labute approximate surface area is 97.0 Å². The van der Waals surface area contributed by atoms with Gasteiger partial charge >= 0.3 is 5.69 Å². The maximum atomic E-state index is 10.6. The summed E-state index contributed by atoms with van der Waals surface area (Å²) < 4.78 is 5.35. The van der Waals surface area contributed by atoms with Crippen LogP contribution in [0, 0.1) is 10.1 Å². The van der Waals surface area contributed by atoms with E-state index in [1.54, 1.807) is 24.3 Å². The van der Waals surface area contributed by atoms with Gasteiger partial charge in [0.2, 0.25) is 5.75 Å². The fourth-order valence-corrected chi connectivity index (χ4v) is 1.36. The highest BCUT2D eigenvalue weighted by atomic mass is 16.6. The van der Waals surface area contributed by atoms with Crippen molar-refractivity contribution in [1.82, 2.24) is 0 Å². The van der Waals surface area contributed by atoms with Crippen molar-refractivity contribution in [3.05, 3.63) is 58.6 Å². The van der Waals surface area contributed by atoms with E-state index in [0.717, 1.165) is 0 Å². The first-order valence-electron chi connectivity index (χ1n) is 4.88. The Morgan fingerprint density at radius 3 is 2.41 bits per heavy atom. The van der Waals surface area contributed by atoms with Crippen LogP contribution in [0.3, 0.4) is 0 Å². The van der Waals surface area contributed by atoms with Crippen LogP contribution in [0.1, 0.15) is 0 Å². The highest BCUT2D eigenvalue weighted by Crippen LogP contribution is 2.37. The molecule has 0 fully saturated rings. The van der Waals surface area contributed by atoms with E-state index in [9.17, 15) is 15.2 Å². The largest absolute Gasteiger partial charge is 0.499 e.